The van der Waals surface area contributed by atoms with Gasteiger partial charge >= 0.3 is 0 Å². The Hall–Kier alpha value is -0.960. The minimum atomic E-state index is 0. The Kier molecular flexibility index (Phi) is 6.53. The van der Waals surface area contributed by atoms with E-state index in [2.05, 4.69) is 10.2 Å². The van der Waals surface area contributed by atoms with Gasteiger partial charge in [0, 0.05) is 7.62 Å². The van der Waals surface area contributed by atoms with Gasteiger partial charge in [0.25, 0.3) is 0 Å². The third-order valence-corrected chi connectivity index (χ3v) is 1.08. The minimum Gasteiger partial charge on any atom is -0.330 e. The highest BCUT2D eigenvalue weighted by atomic mass is 15.1. The van der Waals surface area contributed by atoms with Crippen LogP contribution in [-0.4, -0.2) is 16.7 Å². The van der Waals surface area contributed by atoms with Crippen molar-refractivity contribution in [2.75, 3.05) is 6.54 Å². The summed E-state index contributed by atoms with van der Waals surface area (Å²) in [7, 11) is 0. The van der Waals surface area contributed by atoms with Crippen LogP contribution in [0.5, 0.6) is 0 Å². The van der Waals surface area contributed by atoms with Crippen molar-refractivity contribution in [2.24, 2.45) is 5.73 Å². The molecule has 11 heavy (non-hydrogen) atoms. The lowest BCUT2D eigenvalue weighted by molar-refractivity contribution is 0.926. The summed E-state index contributed by atoms with van der Waals surface area (Å²) in [4.78, 5) is 0. The summed E-state index contributed by atoms with van der Waals surface area (Å²) in [6, 6.07) is 1.92. The van der Waals surface area contributed by atoms with E-state index in [4.69, 9.17) is 5.73 Å². The average molecular weight is 155 g/mol. The van der Waals surface area contributed by atoms with E-state index >= 15 is 0 Å². The van der Waals surface area contributed by atoms with Crippen LogP contribution in [0.4, 0.5) is 0 Å². The van der Waals surface area contributed by atoms with E-state index in [9.17, 15) is 0 Å². The van der Waals surface area contributed by atoms with Gasteiger partial charge in [-0.1, -0.05) is 13.8 Å². The predicted octanol–water partition coefficient (Wildman–Crippen LogP) is 1.25. The molecule has 0 aromatic carbocycles. The van der Waals surface area contributed by atoms with E-state index in [0.29, 0.717) is 6.54 Å². The molecule has 1 aromatic heterocycles. The maximum absolute atomic E-state index is 5.31. The van der Waals surface area contributed by atoms with Crippen molar-refractivity contribution < 1.29 is 1.43 Å². The van der Waals surface area contributed by atoms with Gasteiger partial charge in [-0.05, 0) is 24.6 Å². The van der Waals surface area contributed by atoms with Gasteiger partial charge in [-0.2, -0.15) is 10.2 Å². The third kappa shape index (κ3) is 4.44. The van der Waals surface area contributed by atoms with Crippen LogP contribution in [0.25, 0.3) is 0 Å². The first-order valence-corrected chi connectivity index (χ1v) is 3.89. The van der Waals surface area contributed by atoms with E-state index in [0.717, 1.165) is 12.0 Å². The molecule has 0 atom stereocenters. The van der Waals surface area contributed by atoms with Gasteiger partial charge in [0.05, 0.1) is 6.20 Å². The number of aromatic nitrogens is 2. The van der Waals surface area contributed by atoms with E-state index in [-0.39, 0.29) is 1.43 Å². The molecule has 0 saturated heterocycles. The fraction of sp³-hybridized carbons (Fsp3) is 0.500. The Bertz CT molecular complexity index is 167. The van der Waals surface area contributed by atoms with Gasteiger partial charge in [-0.3, -0.25) is 0 Å². The highest BCUT2D eigenvalue weighted by Crippen LogP contribution is 1.91. The summed E-state index contributed by atoms with van der Waals surface area (Å²) in [5.74, 6) is 0. The molecule has 0 fully saturated rings. The summed E-state index contributed by atoms with van der Waals surface area (Å²) in [6.07, 6.45) is 4.29. The number of rotatable bonds is 2. The number of nitrogens with zero attached hydrogens (tertiary/aromatic N) is 2. The van der Waals surface area contributed by atoms with Gasteiger partial charge in [-0.15, -0.1) is 0 Å². The molecule has 3 heteroatoms. The van der Waals surface area contributed by atoms with E-state index in [1.807, 2.05) is 19.9 Å². The van der Waals surface area contributed by atoms with Crippen molar-refractivity contribution in [3.8, 4) is 0 Å². The molecule has 64 valence electrons. The maximum Gasteiger partial charge on any atom is 0.0528 e. The molecule has 0 aliphatic rings. The summed E-state index contributed by atoms with van der Waals surface area (Å²) in [5, 5.41) is 7.33. The van der Waals surface area contributed by atoms with E-state index in [1.54, 1.807) is 12.4 Å². The monoisotopic (exact) mass is 155 g/mol. The second kappa shape index (κ2) is 7.15. The molecule has 2 N–H and O–H groups in total. The molecule has 0 aliphatic heterocycles. The first-order chi connectivity index (χ1) is 5.43. The number of hydrogen-bond acceptors (Lipinski definition) is 3. The van der Waals surface area contributed by atoms with Crippen molar-refractivity contribution >= 4 is 0 Å². The minimum absolute atomic E-state index is 0. The SMILES string of the molecule is CC.NCCc1ccnnc1.[HH]. The van der Waals surface area contributed by atoms with Gasteiger partial charge < -0.3 is 5.73 Å². The summed E-state index contributed by atoms with van der Waals surface area (Å²) in [6.45, 7) is 4.67. The van der Waals surface area contributed by atoms with Gasteiger partial charge in [0.15, 0.2) is 0 Å². The molecule has 1 aromatic rings. The largest absolute Gasteiger partial charge is 0.330 e. The molecular weight excluding hydrogens is 138 g/mol. The van der Waals surface area contributed by atoms with Gasteiger partial charge in [0.2, 0.25) is 0 Å². The quantitative estimate of drug-likeness (QED) is 0.699. The third-order valence-electron chi connectivity index (χ3n) is 1.08. The molecule has 0 aliphatic carbocycles. The Balaban J connectivity index is 0. The van der Waals surface area contributed by atoms with Crippen molar-refractivity contribution in [1.82, 2.24) is 10.2 Å². The van der Waals surface area contributed by atoms with E-state index in [1.165, 1.54) is 0 Å². The maximum atomic E-state index is 5.31. The molecule has 1 rings (SSSR count). The highest BCUT2D eigenvalue weighted by molar-refractivity contribution is 5.05. The molecule has 0 unspecified atom stereocenters. The Labute approximate surface area is 69.1 Å². The fourth-order valence-electron chi connectivity index (χ4n) is 0.633. The summed E-state index contributed by atoms with van der Waals surface area (Å²) >= 11 is 0. The lowest BCUT2D eigenvalue weighted by Crippen LogP contribution is -2.02. The normalized spacial score (nSPS) is 8.27. The predicted molar refractivity (Wildman–Crippen MR) is 48.3 cm³/mol. The molecular formula is C8H17N3. The van der Waals surface area contributed by atoms with Crippen LogP contribution in [0.1, 0.15) is 20.8 Å². The molecule has 1 heterocycles. The summed E-state index contributed by atoms with van der Waals surface area (Å²) < 4.78 is 0. The van der Waals surface area contributed by atoms with Crippen molar-refractivity contribution in [1.29, 1.82) is 0 Å². The van der Waals surface area contributed by atoms with Crippen LogP contribution in [0.15, 0.2) is 18.5 Å². The van der Waals surface area contributed by atoms with Crippen LogP contribution in [0.2, 0.25) is 0 Å². The summed E-state index contributed by atoms with van der Waals surface area (Å²) in [5.41, 5.74) is 6.46. The lowest BCUT2D eigenvalue weighted by Gasteiger charge is -1.92. The lowest BCUT2D eigenvalue weighted by atomic mass is 10.2. The van der Waals surface area contributed by atoms with Crippen LogP contribution >= 0.6 is 0 Å². The van der Waals surface area contributed by atoms with Crippen LogP contribution in [0.3, 0.4) is 0 Å². The molecule has 3 nitrogen and oxygen atoms in total. The van der Waals surface area contributed by atoms with Gasteiger partial charge in [0.1, 0.15) is 0 Å². The van der Waals surface area contributed by atoms with Crippen LogP contribution in [-0.2, 0) is 6.42 Å². The molecule has 0 spiro atoms. The second-order valence-corrected chi connectivity index (χ2v) is 1.79. The van der Waals surface area contributed by atoms with Crippen LogP contribution in [0, 0.1) is 0 Å². The average Bonchev–Trinajstić information content (AvgIpc) is 2.11. The zero-order valence-corrected chi connectivity index (χ0v) is 7.12. The van der Waals surface area contributed by atoms with Crippen molar-refractivity contribution in [3.63, 3.8) is 0 Å². The van der Waals surface area contributed by atoms with Crippen molar-refractivity contribution in [3.05, 3.63) is 24.0 Å². The molecule has 0 amide bonds. The number of hydrogen-bond donors (Lipinski definition) is 1. The van der Waals surface area contributed by atoms with E-state index < -0.39 is 0 Å². The zero-order chi connectivity index (χ0) is 8.53. The smallest absolute Gasteiger partial charge is 0.0528 e. The first-order valence-electron chi connectivity index (χ1n) is 3.89. The Morgan fingerprint density at radius 3 is 2.64 bits per heavy atom. The fourth-order valence-corrected chi connectivity index (χ4v) is 0.633. The van der Waals surface area contributed by atoms with Crippen LogP contribution < -0.4 is 5.73 Å². The standard InChI is InChI=1S/C6H9N3.C2H6.H2/c7-3-1-6-2-4-8-9-5-6;1-2;/h2,4-5H,1,3,7H2;1-2H3;1H. The topological polar surface area (TPSA) is 51.8 Å². The van der Waals surface area contributed by atoms with Crippen molar-refractivity contribution in [2.45, 2.75) is 20.3 Å². The molecule has 0 saturated carbocycles. The second-order valence-electron chi connectivity index (χ2n) is 1.79. The first kappa shape index (κ1) is 10.0. The molecule has 0 radical (unpaired) electrons. The Morgan fingerprint density at radius 2 is 2.18 bits per heavy atom. The zero-order valence-electron chi connectivity index (χ0n) is 7.12. The Morgan fingerprint density at radius 1 is 1.45 bits per heavy atom. The highest BCUT2D eigenvalue weighted by Gasteiger charge is 1.86. The number of nitrogens with two attached hydrogens (primary N) is 1. The van der Waals surface area contributed by atoms with Gasteiger partial charge in [-0.25, -0.2) is 0 Å². The molecule has 0 bridgehead atoms.